The molecule has 0 bridgehead atoms. The van der Waals surface area contributed by atoms with Crippen LogP contribution < -0.4 is 20.1 Å². The predicted molar refractivity (Wildman–Crippen MR) is 104 cm³/mol. The van der Waals surface area contributed by atoms with Gasteiger partial charge in [0.15, 0.2) is 11.5 Å². The van der Waals surface area contributed by atoms with Crippen LogP contribution in [0.3, 0.4) is 0 Å². The highest BCUT2D eigenvalue weighted by molar-refractivity contribution is 5.90. The number of ether oxygens (including phenoxy) is 3. The van der Waals surface area contributed by atoms with Gasteiger partial charge < -0.3 is 24.8 Å². The van der Waals surface area contributed by atoms with Crippen LogP contribution in [-0.2, 0) is 4.74 Å². The Morgan fingerprint density at radius 2 is 1.82 bits per heavy atom. The minimum Gasteiger partial charge on any atom is -0.486 e. The van der Waals surface area contributed by atoms with E-state index in [9.17, 15) is 4.79 Å². The smallest absolute Gasteiger partial charge is 0.337 e. The van der Waals surface area contributed by atoms with Crippen molar-refractivity contribution in [2.24, 2.45) is 0 Å². The number of hydrogen-bond donors (Lipinski definition) is 2. The zero-order chi connectivity index (χ0) is 19.3. The summed E-state index contributed by atoms with van der Waals surface area (Å²) in [6.45, 7) is 1.07. The maximum atomic E-state index is 11.7. The number of nitrogens with zero attached hydrogens (tertiary/aromatic N) is 2. The van der Waals surface area contributed by atoms with E-state index in [0.717, 1.165) is 11.4 Å². The van der Waals surface area contributed by atoms with Gasteiger partial charge in [-0.25, -0.2) is 9.78 Å². The number of nitrogens with one attached hydrogen (secondary N) is 2. The molecule has 28 heavy (non-hydrogen) atoms. The van der Waals surface area contributed by atoms with Crippen molar-refractivity contribution < 1.29 is 19.0 Å². The minimum absolute atomic E-state index is 0.396. The molecule has 4 rings (SSSR count). The van der Waals surface area contributed by atoms with E-state index in [1.807, 2.05) is 24.3 Å². The van der Waals surface area contributed by atoms with E-state index in [1.165, 1.54) is 7.11 Å². The van der Waals surface area contributed by atoms with Gasteiger partial charge >= 0.3 is 5.97 Å². The zero-order valence-corrected chi connectivity index (χ0v) is 15.1. The Hall–Kier alpha value is -3.81. The summed E-state index contributed by atoms with van der Waals surface area (Å²) in [6.07, 6.45) is 1.64. The van der Waals surface area contributed by atoms with E-state index in [4.69, 9.17) is 14.2 Å². The molecular weight excluding hydrogens is 360 g/mol. The molecule has 0 radical (unpaired) electrons. The van der Waals surface area contributed by atoms with E-state index in [1.54, 1.807) is 30.5 Å². The molecule has 1 aromatic heterocycles. The Morgan fingerprint density at radius 1 is 1.00 bits per heavy atom. The largest absolute Gasteiger partial charge is 0.486 e. The summed E-state index contributed by atoms with van der Waals surface area (Å²) in [7, 11) is 1.35. The van der Waals surface area contributed by atoms with Crippen molar-refractivity contribution in [2.75, 3.05) is 31.0 Å². The van der Waals surface area contributed by atoms with E-state index < -0.39 is 5.97 Å². The number of fused-ring (bicyclic) bond motifs is 1. The van der Waals surface area contributed by atoms with Gasteiger partial charge in [0, 0.05) is 23.6 Å². The Bertz CT molecular complexity index is 1010. The van der Waals surface area contributed by atoms with Gasteiger partial charge in [-0.15, -0.1) is 0 Å². The lowest BCUT2D eigenvalue weighted by molar-refractivity contribution is 0.0601. The highest BCUT2D eigenvalue weighted by atomic mass is 16.6. The SMILES string of the molecule is COC(=O)c1cccc(Nc2ccnc(Nc3ccc4c(c3)OCCO4)n2)c1. The first-order chi connectivity index (χ1) is 13.7. The van der Waals surface area contributed by atoms with Crippen LogP contribution >= 0.6 is 0 Å². The number of rotatable bonds is 5. The molecule has 0 saturated heterocycles. The Labute approximate surface area is 161 Å². The monoisotopic (exact) mass is 378 g/mol. The first-order valence-corrected chi connectivity index (χ1v) is 8.66. The molecule has 0 aliphatic carbocycles. The van der Waals surface area contributed by atoms with Crippen LogP contribution in [0, 0.1) is 0 Å². The molecule has 0 fully saturated rings. The number of hydrogen-bond acceptors (Lipinski definition) is 8. The lowest BCUT2D eigenvalue weighted by Crippen LogP contribution is -2.15. The Kier molecular flexibility index (Phi) is 4.92. The summed E-state index contributed by atoms with van der Waals surface area (Å²) < 4.78 is 15.9. The number of carbonyl (C=O) groups is 1. The minimum atomic E-state index is -0.396. The first-order valence-electron chi connectivity index (χ1n) is 8.66. The number of benzene rings is 2. The molecule has 142 valence electrons. The number of aromatic nitrogens is 2. The van der Waals surface area contributed by atoms with E-state index in [2.05, 4.69) is 20.6 Å². The molecule has 2 heterocycles. The lowest BCUT2D eigenvalue weighted by atomic mass is 10.2. The fourth-order valence-corrected chi connectivity index (χ4v) is 2.73. The molecule has 0 unspecified atom stereocenters. The van der Waals surface area contributed by atoms with Gasteiger partial charge in [-0.3, -0.25) is 0 Å². The molecule has 8 nitrogen and oxygen atoms in total. The van der Waals surface area contributed by atoms with Crippen molar-refractivity contribution in [1.82, 2.24) is 9.97 Å². The molecule has 8 heteroatoms. The van der Waals surface area contributed by atoms with Gasteiger partial charge in [0.25, 0.3) is 0 Å². The zero-order valence-electron chi connectivity index (χ0n) is 15.1. The number of methoxy groups -OCH3 is 1. The summed E-state index contributed by atoms with van der Waals surface area (Å²) in [5.74, 6) is 2.01. The molecule has 1 aliphatic rings. The van der Waals surface area contributed by atoms with Crippen molar-refractivity contribution in [1.29, 1.82) is 0 Å². The Morgan fingerprint density at radius 3 is 2.68 bits per heavy atom. The van der Waals surface area contributed by atoms with Crippen LogP contribution in [-0.4, -0.2) is 36.3 Å². The molecule has 0 saturated carbocycles. The predicted octanol–water partition coefficient (Wildman–Crippen LogP) is 3.52. The summed E-state index contributed by atoms with van der Waals surface area (Å²) >= 11 is 0. The van der Waals surface area contributed by atoms with Gasteiger partial charge in [-0.2, -0.15) is 4.98 Å². The molecule has 3 aromatic rings. The quantitative estimate of drug-likeness (QED) is 0.651. The van der Waals surface area contributed by atoms with Gasteiger partial charge in [0.2, 0.25) is 5.95 Å². The third-order valence-electron chi connectivity index (χ3n) is 4.01. The second-order valence-electron chi connectivity index (χ2n) is 5.95. The average molecular weight is 378 g/mol. The van der Waals surface area contributed by atoms with E-state index in [-0.39, 0.29) is 0 Å². The third kappa shape index (κ3) is 3.96. The van der Waals surface area contributed by atoms with E-state index in [0.29, 0.717) is 42.0 Å². The first kappa shape index (κ1) is 17.6. The van der Waals surface area contributed by atoms with Crippen molar-refractivity contribution in [3.63, 3.8) is 0 Å². The molecule has 2 aromatic carbocycles. The number of anilines is 4. The maximum absolute atomic E-state index is 11.7. The second kappa shape index (κ2) is 7.83. The van der Waals surface area contributed by atoms with Gasteiger partial charge in [-0.05, 0) is 36.4 Å². The maximum Gasteiger partial charge on any atom is 0.337 e. The van der Waals surface area contributed by atoms with Gasteiger partial charge in [0.1, 0.15) is 19.0 Å². The molecule has 2 N–H and O–H groups in total. The summed E-state index contributed by atoms with van der Waals surface area (Å²) in [5.41, 5.74) is 1.96. The van der Waals surface area contributed by atoms with Crippen molar-refractivity contribution in [2.45, 2.75) is 0 Å². The number of carbonyl (C=O) groups excluding carboxylic acids is 1. The van der Waals surface area contributed by atoms with Crippen LogP contribution in [0.25, 0.3) is 0 Å². The van der Waals surface area contributed by atoms with Crippen molar-refractivity contribution >= 4 is 29.1 Å². The molecule has 1 aliphatic heterocycles. The summed E-state index contributed by atoms with van der Waals surface area (Å²) in [4.78, 5) is 20.4. The summed E-state index contributed by atoms with van der Waals surface area (Å²) in [6, 6.07) is 14.3. The van der Waals surface area contributed by atoms with E-state index >= 15 is 0 Å². The highest BCUT2D eigenvalue weighted by Crippen LogP contribution is 2.33. The standard InChI is InChI=1S/C20H18N4O4/c1-26-19(25)13-3-2-4-14(11-13)22-18-7-8-21-20(24-18)23-15-5-6-16-17(12-15)28-10-9-27-16/h2-8,11-12H,9-10H2,1H3,(H2,21,22,23,24). The lowest BCUT2D eigenvalue weighted by Gasteiger charge is -2.19. The Balaban J connectivity index is 1.50. The fourth-order valence-electron chi connectivity index (χ4n) is 2.73. The highest BCUT2D eigenvalue weighted by Gasteiger charge is 2.12. The third-order valence-corrected chi connectivity index (χ3v) is 4.01. The average Bonchev–Trinajstić information content (AvgIpc) is 2.73. The fraction of sp³-hybridized carbons (Fsp3) is 0.150. The second-order valence-corrected chi connectivity index (χ2v) is 5.95. The van der Waals surface area contributed by atoms with Crippen LogP contribution in [0.4, 0.5) is 23.1 Å². The van der Waals surface area contributed by atoms with Gasteiger partial charge in [0.05, 0.1) is 12.7 Å². The number of esters is 1. The molecule has 0 atom stereocenters. The van der Waals surface area contributed by atoms with Crippen LogP contribution in [0.2, 0.25) is 0 Å². The van der Waals surface area contributed by atoms with Crippen LogP contribution in [0.1, 0.15) is 10.4 Å². The molecular formula is C20H18N4O4. The van der Waals surface area contributed by atoms with Gasteiger partial charge in [-0.1, -0.05) is 6.07 Å². The molecule has 0 amide bonds. The van der Waals surface area contributed by atoms with Crippen LogP contribution in [0.15, 0.2) is 54.7 Å². The summed E-state index contributed by atoms with van der Waals surface area (Å²) in [5, 5.41) is 6.30. The van der Waals surface area contributed by atoms with Crippen molar-refractivity contribution in [3.05, 3.63) is 60.3 Å². The van der Waals surface area contributed by atoms with Crippen LogP contribution in [0.5, 0.6) is 11.5 Å². The topological polar surface area (TPSA) is 94.6 Å². The normalized spacial score (nSPS) is 12.2. The van der Waals surface area contributed by atoms with Crippen molar-refractivity contribution in [3.8, 4) is 11.5 Å². The molecule has 0 spiro atoms.